The van der Waals surface area contributed by atoms with E-state index in [1.807, 2.05) is 38.1 Å². The number of hydrogen-bond acceptors (Lipinski definition) is 4. The lowest BCUT2D eigenvalue weighted by Gasteiger charge is -2.31. The number of aryl methyl sites for hydroxylation is 2. The number of fused-ring (bicyclic) bond motifs is 2. The molecule has 7 heteroatoms. The van der Waals surface area contributed by atoms with Crippen molar-refractivity contribution in [3.63, 3.8) is 0 Å². The zero-order valence-corrected chi connectivity index (χ0v) is 20.1. The summed E-state index contributed by atoms with van der Waals surface area (Å²) in [5, 5.41) is 13.7. The Morgan fingerprint density at radius 3 is 2.62 bits per heavy atom. The number of carbonyl (C=O) groups is 2. The van der Waals surface area contributed by atoms with Gasteiger partial charge in [-0.1, -0.05) is 18.6 Å². The maximum atomic E-state index is 13.5. The molecule has 0 saturated carbocycles. The number of nitrogens with zero attached hydrogens (tertiary/aromatic N) is 2. The van der Waals surface area contributed by atoms with Crippen molar-refractivity contribution in [3.8, 4) is 0 Å². The summed E-state index contributed by atoms with van der Waals surface area (Å²) in [6.45, 7) is 7.61. The predicted molar refractivity (Wildman–Crippen MR) is 134 cm³/mol. The average Bonchev–Trinajstić information content (AvgIpc) is 3.24. The number of piperidine rings is 1. The van der Waals surface area contributed by atoms with Gasteiger partial charge >= 0.3 is 0 Å². The third-order valence-electron chi connectivity index (χ3n) is 7.39. The normalized spacial score (nSPS) is 20.8. The number of aliphatic hydroxyl groups is 1. The van der Waals surface area contributed by atoms with Gasteiger partial charge < -0.3 is 25.2 Å². The Hall–Kier alpha value is -2.90. The van der Waals surface area contributed by atoms with Gasteiger partial charge in [-0.3, -0.25) is 9.59 Å². The van der Waals surface area contributed by atoms with Crippen LogP contribution in [0.25, 0.3) is 11.6 Å². The van der Waals surface area contributed by atoms with Crippen LogP contribution in [0.15, 0.2) is 18.2 Å². The van der Waals surface area contributed by atoms with Crippen molar-refractivity contribution in [3.05, 3.63) is 51.8 Å². The van der Waals surface area contributed by atoms with E-state index < -0.39 is 6.10 Å². The number of aromatic nitrogens is 1. The molecule has 0 radical (unpaired) electrons. The summed E-state index contributed by atoms with van der Waals surface area (Å²) in [5.74, 6) is -0.154. The van der Waals surface area contributed by atoms with E-state index in [0.29, 0.717) is 30.8 Å². The van der Waals surface area contributed by atoms with Crippen LogP contribution in [0.3, 0.4) is 0 Å². The molecule has 0 spiro atoms. The highest BCUT2D eigenvalue weighted by molar-refractivity contribution is 6.35. The lowest BCUT2D eigenvalue weighted by Crippen LogP contribution is -2.44. The molecule has 3 aliphatic rings. The molecule has 1 aromatic heterocycles. The second-order valence-corrected chi connectivity index (χ2v) is 9.90. The van der Waals surface area contributed by atoms with Gasteiger partial charge in [0.1, 0.15) is 0 Å². The van der Waals surface area contributed by atoms with Crippen molar-refractivity contribution in [1.82, 2.24) is 14.8 Å². The smallest absolute Gasteiger partial charge is 0.256 e. The summed E-state index contributed by atoms with van der Waals surface area (Å²) < 4.78 is 0. The van der Waals surface area contributed by atoms with Crippen LogP contribution in [0.2, 0.25) is 0 Å². The SMILES string of the molecule is Cc1cccc2c1/C(=C/c1[nH]c3c(c1C)C(=O)N(C[C@H](O)CN1CCCCC1)CCC3)C(=O)N2. The Labute approximate surface area is 200 Å². The molecule has 4 heterocycles. The molecule has 34 heavy (non-hydrogen) atoms. The third kappa shape index (κ3) is 4.30. The van der Waals surface area contributed by atoms with Crippen LogP contribution < -0.4 is 5.32 Å². The van der Waals surface area contributed by atoms with Crippen molar-refractivity contribution in [1.29, 1.82) is 0 Å². The van der Waals surface area contributed by atoms with Gasteiger partial charge in [0.25, 0.3) is 11.8 Å². The molecule has 3 N–H and O–H groups in total. The summed E-state index contributed by atoms with van der Waals surface area (Å²) in [4.78, 5) is 33.8. The Kier molecular flexibility index (Phi) is 6.32. The molecular formula is C27H34N4O3. The van der Waals surface area contributed by atoms with Crippen molar-refractivity contribution in [2.24, 2.45) is 0 Å². The number of rotatable bonds is 5. The van der Waals surface area contributed by atoms with Crippen molar-refractivity contribution in [2.75, 3.05) is 38.0 Å². The number of aliphatic hydroxyl groups excluding tert-OH is 1. The number of benzene rings is 1. The number of aromatic amines is 1. The quantitative estimate of drug-likeness (QED) is 0.595. The van der Waals surface area contributed by atoms with Gasteiger partial charge in [-0.15, -0.1) is 0 Å². The predicted octanol–water partition coefficient (Wildman–Crippen LogP) is 3.36. The molecule has 7 nitrogen and oxygen atoms in total. The van der Waals surface area contributed by atoms with Gasteiger partial charge in [0.05, 0.1) is 17.2 Å². The molecule has 1 aromatic carbocycles. The molecule has 3 aliphatic heterocycles. The molecule has 2 aromatic rings. The number of H-pyrrole nitrogens is 1. The van der Waals surface area contributed by atoms with E-state index in [1.54, 1.807) is 4.90 Å². The van der Waals surface area contributed by atoms with E-state index in [1.165, 1.54) is 19.3 Å². The highest BCUT2D eigenvalue weighted by atomic mass is 16.3. The monoisotopic (exact) mass is 462 g/mol. The van der Waals surface area contributed by atoms with E-state index in [4.69, 9.17) is 0 Å². The van der Waals surface area contributed by atoms with Gasteiger partial charge in [0, 0.05) is 42.3 Å². The molecule has 1 fully saturated rings. The standard InChI is InChI=1S/C27H34N4O3/c1-17-8-6-9-21-24(17)20(26(33)29-21)14-23-18(2)25-22(28-23)10-7-13-31(27(25)34)16-19(32)15-30-11-4-3-5-12-30/h6,8-9,14,19,28,32H,3-5,7,10-13,15-16H2,1-2H3,(H,29,33)/b20-14-/t19-/m1/s1. The van der Waals surface area contributed by atoms with Crippen LogP contribution in [0.5, 0.6) is 0 Å². The number of carbonyl (C=O) groups excluding carboxylic acids is 2. The Morgan fingerprint density at radius 2 is 1.82 bits per heavy atom. The molecule has 180 valence electrons. The van der Waals surface area contributed by atoms with Crippen LogP contribution in [0.4, 0.5) is 5.69 Å². The van der Waals surface area contributed by atoms with Gasteiger partial charge in [-0.05, 0) is 75.9 Å². The van der Waals surface area contributed by atoms with E-state index in [0.717, 1.165) is 59.7 Å². The number of nitrogens with one attached hydrogen (secondary N) is 2. The number of β-amino-alcohol motifs (C(OH)–C–C–N with tert-alkyl or cyclic N) is 1. The van der Waals surface area contributed by atoms with Crippen molar-refractivity contribution >= 4 is 29.2 Å². The Bertz CT molecular complexity index is 1140. The molecule has 5 rings (SSSR count). The first-order chi connectivity index (χ1) is 16.4. The van der Waals surface area contributed by atoms with E-state index in [-0.39, 0.29) is 11.8 Å². The van der Waals surface area contributed by atoms with Crippen LogP contribution in [0.1, 0.15) is 64.1 Å². The Balaban J connectivity index is 1.38. The van der Waals surface area contributed by atoms with Gasteiger partial charge in [0.15, 0.2) is 0 Å². The van der Waals surface area contributed by atoms with Crippen LogP contribution in [0, 0.1) is 13.8 Å². The molecule has 1 atom stereocenters. The highest BCUT2D eigenvalue weighted by Gasteiger charge is 2.31. The number of likely N-dealkylation sites (tertiary alicyclic amines) is 1. The maximum absolute atomic E-state index is 13.5. The lowest BCUT2D eigenvalue weighted by molar-refractivity contribution is -0.110. The summed E-state index contributed by atoms with van der Waals surface area (Å²) >= 11 is 0. The lowest BCUT2D eigenvalue weighted by atomic mass is 9.99. The molecular weight excluding hydrogens is 428 g/mol. The van der Waals surface area contributed by atoms with E-state index in [2.05, 4.69) is 15.2 Å². The average molecular weight is 463 g/mol. The zero-order chi connectivity index (χ0) is 23.8. The first-order valence-electron chi connectivity index (χ1n) is 12.5. The molecule has 0 aliphatic carbocycles. The van der Waals surface area contributed by atoms with Crippen LogP contribution >= 0.6 is 0 Å². The molecule has 2 amide bonds. The molecule has 0 bridgehead atoms. The first kappa shape index (κ1) is 22.9. The Morgan fingerprint density at radius 1 is 1.03 bits per heavy atom. The minimum Gasteiger partial charge on any atom is -0.390 e. The van der Waals surface area contributed by atoms with Gasteiger partial charge in [0.2, 0.25) is 0 Å². The summed E-state index contributed by atoms with van der Waals surface area (Å²) in [6, 6.07) is 5.85. The maximum Gasteiger partial charge on any atom is 0.256 e. The number of anilines is 1. The van der Waals surface area contributed by atoms with E-state index in [9.17, 15) is 14.7 Å². The largest absolute Gasteiger partial charge is 0.390 e. The zero-order valence-electron chi connectivity index (χ0n) is 20.1. The summed E-state index contributed by atoms with van der Waals surface area (Å²) in [6.07, 6.45) is 6.56. The minimum absolute atomic E-state index is 0.0314. The minimum atomic E-state index is -0.550. The fraction of sp³-hybridized carbons (Fsp3) is 0.481. The topological polar surface area (TPSA) is 88.7 Å². The van der Waals surface area contributed by atoms with Gasteiger partial charge in [-0.25, -0.2) is 0 Å². The second-order valence-electron chi connectivity index (χ2n) is 9.90. The van der Waals surface area contributed by atoms with Gasteiger partial charge in [-0.2, -0.15) is 0 Å². The highest BCUT2D eigenvalue weighted by Crippen LogP contribution is 2.36. The van der Waals surface area contributed by atoms with E-state index >= 15 is 0 Å². The number of amides is 2. The number of hydrogen-bond donors (Lipinski definition) is 3. The second kappa shape index (κ2) is 9.39. The van der Waals surface area contributed by atoms with Crippen molar-refractivity contribution < 1.29 is 14.7 Å². The fourth-order valence-corrected chi connectivity index (χ4v) is 5.65. The van der Waals surface area contributed by atoms with Crippen molar-refractivity contribution in [2.45, 2.75) is 52.1 Å². The summed E-state index contributed by atoms with van der Waals surface area (Å²) in [5.41, 5.74) is 6.68. The molecule has 0 unspecified atom stereocenters. The molecule has 1 saturated heterocycles. The fourth-order valence-electron chi connectivity index (χ4n) is 5.65. The van der Waals surface area contributed by atoms with Crippen LogP contribution in [-0.2, 0) is 11.2 Å². The summed E-state index contributed by atoms with van der Waals surface area (Å²) in [7, 11) is 0. The first-order valence-corrected chi connectivity index (χ1v) is 12.5. The third-order valence-corrected chi connectivity index (χ3v) is 7.39. The van der Waals surface area contributed by atoms with Crippen LogP contribution in [-0.4, -0.2) is 70.5 Å².